The van der Waals surface area contributed by atoms with Crippen LogP contribution in [0, 0.1) is 0 Å². The minimum atomic E-state index is -4.11. The molecule has 0 aromatic heterocycles. The average Bonchev–Trinajstić information content (AvgIpc) is 2.10. The third-order valence-corrected chi connectivity index (χ3v) is 1.96. The zero-order chi connectivity index (χ0) is 8.32. The highest BCUT2D eigenvalue weighted by molar-refractivity contribution is 4.64. The number of hydrogen-bond donors (Lipinski definition) is 0. The summed E-state index contributed by atoms with van der Waals surface area (Å²) in [6, 6.07) is 0. The van der Waals surface area contributed by atoms with Crippen LogP contribution in [0.5, 0.6) is 0 Å². The lowest BCUT2D eigenvalue weighted by molar-refractivity contribution is -0.244. The summed E-state index contributed by atoms with van der Waals surface area (Å²) in [5.41, 5.74) is 0. The van der Waals surface area contributed by atoms with Gasteiger partial charge in [0.25, 0.3) is 0 Å². The molecule has 1 aliphatic heterocycles. The summed E-state index contributed by atoms with van der Waals surface area (Å²) in [6.07, 6.45) is -0.872. The van der Waals surface area contributed by atoms with Crippen molar-refractivity contribution in [3.05, 3.63) is 0 Å². The lowest BCUT2D eigenvalue weighted by atomic mass is 10.2. The van der Waals surface area contributed by atoms with Crippen LogP contribution in [0.1, 0.15) is 25.7 Å². The van der Waals surface area contributed by atoms with Crippen LogP contribution in [0.15, 0.2) is 0 Å². The Balaban J connectivity index is 2.43. The lowest BCUT2D eigenvalue weighted by Gasteiger charge is -2.22. The Labute approximate surface area is 64.2 Å². The van der Waals surface area contributed by atoms with Gasteiger partial charge in [-0.1, -0.05) is 12.8 Å². The van der Waals surface area contributed by atoms with Crippen molar-refractivity contribution < 1.29 is 13.2 Å². The van der Waals surface area contributed by atoms with Crippen molar-refractivity contribution in [2.45, 2.75) is 32.0 Å². The highest BCUT2D eigenvalue weighted by atomic mass is 19.4. The number of rotatable bonds is 0. The molecule has 0 atom stereocenters. The number of likely N-dealkylation sites (tertiary alicyclic amines) is 1. The summed E-state index contributed by atoms with van der Waals surface area (Å²) in [7, 11) is 0. The van der Waals surface area contributed by atoms with E-state index < -0.39 is 6.30 Å². The fourth-order valence-corrected chi connectivity index (χ4v) is 1.32. The molecule has 11 heavy (non-hydrogen) atoms. The van der Waals surface area contributed by atoms with Crippen LogP contribution in [-0.4, -0.2) is 24.3 Å². The van der Waals surface area contributed by atoms with Gasteiger partial charge in [-0.05, 0) is 12.8 Å². The van der Waals surface area contributed by atoms with Crippen LogP contribution >= 0.6 is 0 Å². The van der Waals surface area contributed by atoms with E-state index in [1.165, 1.54) is 0 Å². The van der Waals surface area contributed by atoms with E-state index in [-0.39, 0.29) is 13.1 Å². The third-order valence-electron chi connectivity index (χ3n) is 1.96. The molecule has 0 amide bonds. The molecule has 4 heteroatoms. The summed E-state index contributed by atoms with van der Waals surface area (Å²) < 4.78 is 36.1. The standard InChI is InChI=1S/C7H12F3N/c8-7(9,10)11-5-3-1-2-4-6-11/h1-6H2. The van der Waals surface area contributed by atoms with Crippen LogP contribution < -0.4 is 0 Å². The van der Waals surface area contributed by atoms with E-state index in [0.717, 1.165) is 12.8 Å². The Morgan fingerprint density at radius 1 is 0.818 bits per heavy atom. The maximum atomic E-state index is 12.0. The predicted octanol–water partition coefficient (Wildman–Crippen LogP) is 2.38. The Morgan fingerprint density at radius 2 is 1.27 bits per heavy atom. The molecule has 1 aliphatic rings. The molecule has 0 N–H and O–H groups in total. The molecule has 0 aromatic carbocycles. The van der Waals surface area contributed by atoms with Gasteiger partial charge in [0.15, 0.2) is 0 Å². The zero-order valence-electron chi connectivity index (χ0n) is 6.32. The fourth-order valence-electron chi connectivity index (χ4n) is 1.32. The van der Waals surface area contributed by atoms with Gasteiger partial charge in [-0.3, -0.25) is 0 Å². The summed E-state index contributed by atoms with van der Waals surface area (Å²) in [5.74, 6) is 0. The van der Waals surface area contributed by atoms with E-state index in [9.17, 15) is 13.2 Å². The van der Waals surface area contributed by atoms with Gasteiger partial charge < -0.3 is 0 Å². The Bertz CT molecular complexity index is 113. The second kappa shape index (κ2) is 3.43. The minimum absolute atomic E-state index is 0.184. The first-order chi connectivity index (χ1) is 5.11. The van der Waals surface area contributed by atoms with Gasteiger partial charge in [0.05, 0.1) is 0 Å². The highest BCUT2D eigenvalue weighted by Crippen LogP contribution is 2.24. The van der Waals surface area contributed by atoms with Gasteiger partial charge in [-0.2, -0.15) is 13.2 Å². The molecule has 0 aliphatic carbocycles. The van der Waals surface area contributed by atoms with Crippen LogP contribution in [0.25, 0.3) is 0 Å². The van der Waals surface area contributed by atoms with Crippen molar-refractivity contribution >= 4 is 0 Å². The van der Waals surface area contributed by atoms with Crippen molar-refractivity contribution in [1.29, 1.82) is 0 Å². The SMILES string of the molecule is FC(F)(F)N1CCCCCC1. The van der Waals surface area contributed by atoms with Gasteiger partial charge >= 0.3 is 6.30 Å². The molecule has 0 unspecified atom stereocenters. The van der Waals surface area contributed by atoms with Gasteiger partial charge in [0.2, 0.25) is 0 Å². The zero-order valence-corrected chi connectivity index (χ0v) is 6.32. The molecule has 0 radical (unpaired) electrons. The molecule has 1 nitrogen and oxygen atoms in total. The highest BCUT2D eigenvalue weighted by Gasteiger charge is 2.36. The Hall–Kier alpha value is -0.250. The smallest absolute Gasteiger partial charge is 0.214 e. The maximum absolute atomic E-state index is 12.0. The molecular formula is C7H12F3N. The second-order valence-electron chi connectivity index (χ2n) is 2.87. The largest absolute Gasteiger partial charge is 0.459 e. The van der Waals surface area contributed by atoms with Crippen LogP contribution in [-0.2, 0) is 0 Å². The third kappa shape index (κ3) is 2.69. The van der Waals surface area contributed by atoms with E-state index in [4.69, 9.17) is 0 Å². The van der Waals surface area contributed by atoms with E-state index >= 15 is 0 Å². The maximum Gasteiger partial charge on any atom is 0.459 e. The first-order valence-electron chi connectivity index (χ1n) is 3.92. The van der Waals surface area contributed by atoms with E-state index in [0.29, 0.717) is 17.7 Å². The second-order valence-corrected chi connectivity index (χ2v) is 2.87. The summed E-state index contributed by atoms with van der Waals surface area (Å²) >= 11 is 0. The number of hydrogen-bond acceptors (Lipinski definition) is 1. The van der Waals surface area contributed by atoms with Crippen molar-refractivity contribution in [3.8, 4) is 0 Å². The Morgan fingerprint density at radius 3 is 1.64 bits per heavy atom. The van der Waals surface area contributed by atoms with Crippen molar-refractivity contribution in [2.75, 3.05) is 13.1 Å². The van der Waals surface area contributed by atoms with E-state index in [2.05, 4.69) is 0 Å². The topological polar surface area (TPSA) is 3.24 Å². The normalized spacial score (nSPS) is 23.2. The average molecular weight is 167 g/mol. The van der Waals surface area contributed by atoms with Crippen LogP contribution in [0.2, 0.25) is 0 Å². The van der Waals surface area contributed by atoms with Gasteiger partial charge in [0.1, 0.15) is 0 Å². The van der Waals surface area contributed by atoms with E-state index in [1.54, 1.807) is 0 Å². The fraction of sp³-hybridized carbons (Fsp3) is 1.00. The number of halogens is 3. The minimum Gasteiger partial charge on any atom is -0.214 e. The molecule has 0 saturated carbocycles. The number of alkyl halides is 3. The monoisotopic (exact) mass is 167 g/mol. The summed E-state index contributed by atoms with van der Waals surface area (Å²) in [5, 5.41) is 0. The van der Waals surface area contributed by atoms with Gasteiger partial charge in [-0.25, -0.2) is 4.90 Å². The summed E-state index contributed by atoms with van der Waals surface area (Å²) in [4.78, 5) is 0.611. The molecule has 1 heterocycles. The van der Waals surface area contributed by atoms with Crippen molar-refractivity contribution in [2.24, 2.45) is 0 Å². The lowest BCUT2D eigenvalue weighted by Crippen LogP contribution is -2.38. The quantitative estimate of drug-likeness (QED) is 0.501. The molecule has 0 bridgehead atoms. The summed E-state index contributed by atoms with van der Waals surface area (Å²) in [6.45, 7) is 0.368. The molecular weight excluding hydrogens is 155 g/mol. The molecule has 0 spiro atoms. The molecule has 1 fully saturated rings. The molecule has 66 valence electrons. The number of nitrogens with zero attached hydrogens (tertiary/aromatic N) is 1. The molecule has 1 saturated heterocycles. The first kappa shape index (κ1) is 8.84. The van der Waals surface area contributed by atoms with Crippen LogP contribution in [0.3, 0.4) is 0 Å². The van der Waals surface area contributed by atoms with Crippen molar-refractivity contribution in [3.63, 3.8) is 0 Å². The van der Waals surface area contributed by atoms with Crippen LogP contribution in [0.4, 0.5) is 13.2 Å². The van der Waals surface area contributed by atoms with E-state index in [1.807, 2.05) is 0 Å². The van der Waals surface area contributed by atoms with Crippen molar-refractivity contribution in [1.82, 2.24) is 4.90 Å². The first-order valence-corrected chi connectivity index (χ1v) is 3.92. The Kier molecular flexibility index (Phi) is 2.76. The predicted molar refractivity (Wildman–Crippen MR) is 36.1 cm³/mol. The van der Waals surface area contributed by atoms with Gasteiger partial charge in [-0.15, -0.1) is 0 Å². The molecule has 0 aromatic rings. The van der Waals surface area contributed by atoms with Gasteiger partial charge in [0, 0.05) is 13.1 Å². The molecule has 1 rings (SSSR count).